The first-order valence-corrected chi connectivity index (χ1v) is 25.5. The van der Waals surface area contributed by atoms with Gasteiger partial charge in [0.15, 0.2) is 0 Å². The Morgan fingerprint density at radius 2 is 0.419 bits per heavy atom. The predicted molar refractivity (Wildman–Crippen MR) is 313 cm³/mol. The first-order valence-electron chi connectivity index (χ1n) is 25.5. The maximum atomic E-state index is 2.42. The molecular weight excluding hydrogens is 893 g/mol. The minimum absolute atomic E-state index is 1.14. The Balaban J connectivity index is 0.726. The first kappa shape index (κ1) is 43.1. The number of aromatic nitrogens is 2. The molecule has 0 N–H and O–H groups in total. The van der Waals surface area contributed by atoms with E-state index in [1.165, 1.54) is 127 Å². The summed E-state index contributed by atoms with van der Waals surface area (Å²) in [7, 11) is 0. The molecule has 14 rings (SSSR count). The normalized spacial score (nSPS) is 11.5. The van der Waals surface area contributed by atoms with E-state index in [0.29, 0.717) is 0 Å². The van der Waals surface area contributed by atoms with Crippen LogP contribution in [0.3, 0.4) is 0 Å². The molecular formula is C72H48N2. The van der Waals surface area contributed by atoms with Crippen LogP contribution in [0.25, 0.3) is 133 Å². The molecule has 74 heavy (non-hydrogen) atoms. The van der Waals surface area contributed by atoms with Crippen LogP contribution in [0.5, 0.6) is 0 Å². The maximum absolute atomic E-state index is 2.42. The maximum Gasteiger partial charge on any atom is 0.0541 e. The molecule has 0 aliphatic rings. The van der Waals surface area contributed by atoms with Gasteiger partial charge in [0.2, 0.25) is 0 Å². The molecule has 0 unspecified atom stereocenters. The Hall–Kier alpha value is -9.76. The lowest BCUT2D eigenvalue weighted by molar-refractivity contribution is 1.18. The first-order chi connectivity index (χ1) is 36.7. The number of fused-ring (bicyclic) bond motifs is 6. The molecule has 2 nitrogen and oxygen atoms in total. The van der Waals surface area contributed by atoms with Gasteiger partial charge in [-0.25, -0.2) is 0 Å². The fourth-order valence-electron chi connectivity index (χ4n) is 11.2. The molecule has 2 heteroatoms. The summed E-state index contributed by atoms with van der Waals surface area (Å²) in [5, 5.41) is 4.99. The number of hydrogen-bond donors (Lipinski definition) is 0. The van der Waals surface area contributed by atoms with E-state index in [2.05, 4.69) is 300 Å². The zero-order valence-corrected chi connectivity index (χ0v) is 40.6. The standard InChI is InChI=1S/C72H48N2/c1-3-15-49(16-4-1)54-17-11-19-56(43-54)58-21-13-22-59(45-58)57-20-12-18-55(44-57)52-35-31-50(32-36-52)51-33-37-53(38-34-51)60-23-14-26-64(46-60)74-70-30-10-8-28-66(70)68-48-62(40-42-72(68)74)61-39-41-71-67(47-61)65-27-7-9-29-69(65)73(71)63-24-5-2-6-25-63/h1-48H. The van der Waals surface area contributed by atoms with Gasteiger partial charge in [-0.3, -0.25) is 0 Å². The van der Waals surface area contributed by atoms with E-state index >= 15 is 0 Å². The molecule has 0 bridgehead atoms. The van der Waals surface area contributed by atoms with E-state index in [1.807, 2.05) is 0 Å². The van der Waals surface area contributed by atoms with Crippen LogP contribution in [0.2, 0.25) is 0 Å². The van der Waals surface area contributed by atoms with Gasteiger partial charge in [-0.1, -0.05) is 212 Å². The Kier molecular flexibility index (Phi) is 10.6. The molecule has 14 aromatic rings. The van der Waals surface area contributed by atoms with Gasteiger partial charge in [0.1, 0.15) is 0 Å². The zero-order valence-electron chi connectivity index (χ0n) is 40.6. The highest BCUT2D eigenvalue weighted by atomic mass is 15.0. The Morgan fingerprint density at radius 1 is 0.149 bits per heavy atom. The van der Waals surface area contributed by atoms with Crippen molar-refractivity contribution in [1.82, 2.24) is 9.13 Å². The molecule has 0 saturated carbocycles. The molecule has 0 aliphatic heterocycles. The van der Waals surface area contributed by atoms with Crippen molar-refractivity contribution in [3.8, 4) is 89.3 Å². The third kappa shape index (κ3) is 7.69. The van der Waals surface area contributed by atoms with Gasteiger partial charge < -0.3 is 9.13 Å². The second-order valence-corrected chi connectivity index (χ2v) is 19.3. The van der Waals surface area contributed by atoms with Crippen LogP contribution < -0.4 is 0 Å². The molecule has 0 spiro atoms. The molecule has 346 valence electrons. The third-order valence-electron chi connectivity index (χ3n) is 14.9. The summed E-state index contributed by atoms with van der Waals surface area (Å²) in [5.74, 6) is 0. The second-order valence-electron chi connectivity index (χ2n) is 19.3. The smallest absolute Gasteiger partial charge is 0.0541 e. The lowest BCUT2D eigenvalue weighted by Gasteiger charge is -2.12. The van der Waals surface area contributed by atoms with Gasteiger partial charge in [0.05, 0.1) is 22.1 Å². The van der Waals surface area contributed by atoms with Crippen LogP contribution in [-0.4, -0.2) is 9.13 Å². The molecule has 0 saturated heterocycles. The highest BCUT2D eigenvalue weighted by Crippen LogP contribution is 2.40. The largest absolute Gasteiger partial charge is 0.309 e. The van der Waals surface area contributed by atoms with E-state index in [9.17, 15) is 0 Å². The van der Waals surface area contributed by atoms with Gasteiger partial charge in [0.25, 0.3) is 0 Å². The summed E-state index contributed by atoms with van der Waals surface area (Å²) >= 11 is 0. The molecule has 0 fully saturated rings. The fourth-order valence-corrected chi connectivity index (χ4v) is 11.2. The third-order valence-corrected chi connectivity index (χ3v) is 14.9. The van der Waals surface area contributed by atoms with Crippen LogP contribution in [0.1, 0.15) is 0 Å². The Morgan fingerprint density at radius 3 is 0.878 bits per heavy atom. The minimum atomic E-state index is 1.14. The van der Waals surface area contributed by atoms with Gasteiger partial charge in [-0.2, -0.15) is 0 Å². The minimum Gasteiger partial charge on any atom is -0.309 e. The van der Waals surface area contributed by atoms with E-state index in [1.54, 1.807) is 0 Å². The lowest BCUT2D eigenvalue weighted by atomic mass is 9.94. The lowest BCUT2D eigenvalue weighted by Crippen LogP contribution is -1.94. The highest BCUT2D eigenvalue weighted by Gasteiger charge is 2.17. The van der Waals surface area contributed by atoms with Crippen LogP contribution in [0.15, 0.2) is 291 Å². The van der Waals surface area contributed by atoms with E-state index in [4.69, 9.17) is 0 Å². The summed E-state index contributed by atoms with van der Waals surface area (Å²) in [4.78, 5) is 0. The predicted octanol–water partition coefficient (Wildman–Crippen LogP) is 19.5. The van der Waals surface area contributed by atoms with Crippen molar-refractivity contribution in [2.24, 2.45) is 0 Å². The summed E-state index contributed by atoms with van der Waals surface area (Å²) < 4.78 is 4.80. The Bertz CT molecular complexity index is 4390. The van der Waals surface area contributed by atoms with Crippen molar-refractivity contribution in [3.63, 3.8) is 0 Å². The van der Waals surface area contributed by atoms with E-state index in [0.717, 1.165) is 5.69 Å². The molecule has 0 atom stereocenters. The van der Waals surface area contributed by atoms with Crippen LogP contribution in [-0.2, 0) is 0 Å². The zero-order chi connectivity index (χ0) is 49.0. The molecule has 2 heterocycles. The van der Waals surface area contributed by atoms with Crippen molar-refractivity contribution >= 4 is 43.6 Å². The van der Waals surface area contributed by atoms with Gasteiger partial charge in [0, 0.05) is 32.9 Å². The van der Waals surface area contributed by atoms with Gasteiger partial charge >= 0.3 is 0 Å². The highest BCUT2D eigenvalue weighted by molar-refractivity contribution is 6.13. The van der Waals surface area contributed by atoms with Crippen molar-refractivity contribution in [1.29, 1.82) is 0 Å². The summed E-state index contributed by atoms with van der Waals surface area (Å²) in [6.45, 7) is 0. The average Bonchev–Trinajstić information content (AvgIpc) is 4.02. The fraction of sp³-hybridized carbons (Fsp3) is 0. The van der Waals surface area contributed by atoms with E-state index in [-0.39, 0.29) is 0 Å². The van der Waals surface area contributed by atoms with Crippen LogP contribution >= 0.6 is 0 Å². The van der Waals surface area contributed by atoms with Crippen molar-refractivity contribution in [3.05, 3.63) is 291 Å². The van der Waals surface area contributed by atoms with Gasteiger partial charge in [-0.05, 0) is 157 Å². The van der Waals surface area contributed by atoms with Crippen molar-refractivity contribution in [2.45, 2.75) is 0 Å². The molecule has 0 aliphatic carbocycles. The molecule has 2 aromatic heterocycles. The van der Waals surface area contributed by atoms with Crippen molar-refractivity contribution in [2.75, 3.05) is 0 Å². The average molecular weight is 941 g/mol. The van der Waals surface area contributed by atoms with Crippen molar-refractivity contribution < 1.29 is 0 Å². The number of hydrogen-bond acceptors (Lipinski definition) is 0. The molecule has 0 radical (unpaired) electrons. The second kappa shape index (κ2) is 18.1. The topological polar surface area (TPSA) is 9.86 Å². The SMILES string of the molecule is c1ccc(-c2cccc(-c3cccc(-c4cccc(-c5ccc(-c6ccc(-c7cccc(-n8c9ccccc9c9cc(-c%10ccc%11c(c%10)c%10ccccc%10n%11-c%10ccccc%10)ccc98)c7)cc6)cc5)c4)c3)c2)cc1. The quantitative estimate of drug-likeness (QED) is 0.136. The number of para-hydroxylation sites is 3. The van der Waals surface area contributed by atoms with Crippen LogP contribution in [0.4, 0.5) is 0 Å². The number of rotatable bonds is 9. The Labute approximate surface area is 431 Å². The molecule has 12 aromatic carbocycles. The summed E-state index contributed by atoms with van der Waals surface area (Å²) in [6.07, 6.45) is 0. The van der Waals surface area contributed by atoms with E-state index < -0.39 is 0 Å². The van der Waals surface area contributed by atoms with Crippen LogP contribution in [0, 0.1) is 0 Å². The van der Waals surface area contributed by atoms with Gasteiger partial charge in [-0.15, -0.1) is 0 Å². The monoisotopic (exact) mass is 940 g/mol. The molecule has 0 amide bonds. The number of nitrogens with zero attached hydrogens (tertiary/aromatic N) is 2. The summed E-state index contributed by atoms with van der Waals surface area (Å²) in [6, 6.07) is 106. The summed E-state index contributed by atoms with van der Waals surface area (Å²) in [5.41, 5.74) is 24.0. The number of benzene rings is 12.